The van der Waals surface area contributed by atoms with Crippen molar-refractivity contribution in [2.24, 2.45) is 0 Å². The largest absolute Gasteiger partial charge is 0.378 e. The Hall–Kier alpha value is -2.29. The van der Waals surface area contributed by atoms with Crippen molar-refractivity contribution < 1.29 is 0 Å². The standard InChI is InChI=1S/C16H14N3/c1-2-6-14-11(4-1)8-9-15(18-14)12-5-3-7-16-13(12)10-17-19-16/h1-7,15,18H,8-9H2,(H,17,19). The first-order valence-corrected chi connectivity index (χ1v) is 6.61. The van der Waals surface area contributed by atoms with Crippen LogP contribution in [0.25, 0.3) is 10.9 Å². The van der Waals surface area contributed by atoms with Crippen molar-refractivity contribution in [1.82, 2.24) is 10.2 Å². The summed E-state index contributed by atoms with van der Waals surface area (Å²) in [5.41, 5.74) is 4.99. The molecule has 3 aromatic rings. The van der Waals surface area contributed by atoms with E-state index in [9.17, 15) is 0 Å². The van der Waals surface area contributed by atoms with Crippen LogP contribution in [-0.2, 0) is 6.42 Å². The first-order valence-electron chi connectivity index (χ1n) is 6.61. The summed E-state index contributed by atoms with van der Waals surface area (Å²) in [5, 5.41) is 11.7. The molecule has 1 aliphatic heterocycles. The molecule has 1 unspecified atom stereocenters. The highest BCUT2D eigenvalue weighted by atomic mass is 15.1. The number of aryl methyl sites for hydroxylation is 1. The third kappa shape index (κ3) is 1.70. The van der Waals surface area contributed by atoms with Crippen LogP contribution in [0.3, 0.4) is 0 Å². The first kappa shape index (κ1) is 10.6. The monoisotopic (exact) mass is 248 g/mol. The minimum atomic E-state index is 0.340. The third-order valence-electron chi connectivity index (χ3n) is 3.87. The Bertz CT molecular complexity index is 729. The number of nitrogens with zero attached hydrogens (tertiary/aromatic N) is 1. The molecular weight excluding hydrogens is 234 g/mol. The Morgan fingerprint density at radius 1 is 1.11 bits per heavy atom. The van der Waals surface area contributed by atoms with Gasteiger partial charge in [0.2, 0.25) is 0 Å². The first-order chi connectivity index (χ1) is 9.42. The molecule has 19 heavy (non-hydrogen) atoms. The molecule has 2 N–H and O–H groups in total. The van der Waals surface area contributed by atoms with Crippen molar-refractivity contribution in [3.05, 3.63) is 59.8 Å². The molecule has 1 aliphatic rings. The number of rotatable bonds is 1. The van der Waals surface area contributed by atoms with E-state index < -0.39 is 0 Å². The maximum Gasteiger partial charge on any atom is 0.121 e. The second-order valence-corrected chi connectivity index (χ2v) is 5.00. The molecule has 1 atom stereocenters. The van der Waals surface area contributed by atoms with Gasteiger partial charge in [0.15, 0.2) is 0 Å². The number of fused-ring (bicyclic) bond motifs is 2. The molecule has 2 heterocycles. The van der Waals surface area contributed by atoms with Gasteiger partial charge in [-0.2, -0.15) is 5.10 Å². The SMILES string of the molecule is [c]1n[nH]c2cccc(C3CCc4ccccc4N3)c12. The average Bonchev–Trinajstić information content (AvgIpc) is 2.95. The molecule has 93 valence electrons. The van der Waals surface area contributed by atoms with Crippen LogP contribution in [0.2, 0.25) is 0 Å². The molecule has 0 bridgehead atoms. The maximum atomic E-state index is 4.02. The van der Waals surface area contributed by atoms with Crippen molar-refractivity contribution in [3.8, 4) is 0 Å². The molecule has 1 aromatic heterocycles. The van der Waals surface area contributed by atoms with Crippen molar-refractivity contribution in [2.45, 2.75) is 18.9 Å². The molecule has 1 radical (unpaired) electrons. The van der Waals surface area contributed by atoms with Crippen molar-refractivity contribution in [3.63, 3.8) is 0 Å². The molecule has 0 spiro atoms. The van der Waals surface area contributed by atoms with Gasteiger partial charge in [-0.3, -0.25) is 5.10 Å². The lowest BCUT2D eigenvalue weighted by Gasteiger charge is -2.27. The molecule has 0 amide bonds. The van der Waals surface area contributed by atoms with Gasteiger partial charge in [0.1, 0.15) is 6.20 Å². The molecule has 0 fully saturated rings. The molecule has 3 nitrogen and oxygen atoms in total. The number of H-pyrrole nitrogens is 1. The second kappa shape index (κ2) is 4.12. The highest BCUT2D eigenvalue weighted by molar-refractivity contribution is 5.82. The molecule has 0 aliphatic carbocycles. The van der Waals surface area contributed by atoms with E-state index in [4.69, 9.17) is 0 Å². The number of hydrogen-bond donors (Lipinski definition) is 2. The summed E-state index contributed by atoms with van der Waals surface area (Å²) < 4.78 is 0. The Morgan fingerprint density at radius 2 is 2.05 bits per heavy atom. The van der Waals surface area contributed by atoms with E-state index in [1.54, 1.807) is 0 Å². The summed E-state index contributed by atoms with van der Waals surface area (Å²) >= 11 is 0. The van der Waals surface area contributed by atoms with Gasteiger partial charge in [0.25, 0.3) is 0 Å². The average molecular weight is 248 g/mol. The number of hydrogen-bond acceptors (Lipinski definition) is 2. The lowest BCUT2D eigenvalue weighted by atomic mass is 9.92. The van der Waals surface area contributed by atoms with E-state index in [0.717, 1.165) is 23.7 Å². The number of benzene rings is 2. The lowest BCUT2D eigenvalue weighted by Crippen LogP contribution is -2.18. The highest BCUT2D eigenvalue weighted by Gasteiger charge is 2.20. The van der Waals surface area contributed by atoms with Crippen LogP contribution in [0.4, 0.5) is 5.69 Å². The van der Waals surface area contributed by atoms with Gasteiger partial charge in [-0.1, -0.05) is 30.3 Å². The predicted octanol–water partition coefficient (Wildman–Crippen LogP) is 3.46. The maximum absolute atomic E-state index is 4.02. The number of para-hydroxylation sites is 1. The second-order valence-electron chi connectivity index (χ2n) is 5.00. The van der Waals surface area contributed by atoms with Crippen LogP contribution in [-0.4, -0.2) is 10.2 Å². The summed E-state index contributed by atoms with van der Waals surface area (Å²) in [6, 6.07) is 15.2. The van der Waals surface area contributed by atoms with Crippen LogP contribution in [0.5, 0.6) is 0 Å². The lowest BCUT2D eigenvalue weighted by molar-refractivity contribution is 0.672. The Labute approximate surface area is 111 Å². The van der Waals surface area contributed by atoms with Crippen molar-refractivity contribution in [2.75, 3.05) is 5.32 Å². The summed E-state index contributed by atoms with van der Waals surface area (Å²) in [6.07, 6.45) is 5.28. The van der Waals surface area contributed by atoms with E-state index >= 15 is 0 Å². The van der Waals surface area contributed by atoms with Crippen LogP contribution in [0, 0.1) is 6.20 Å². The zero-order valence-corrected chi connectivity index (χ0v) is 10.5. The molecule has 0 saturated carbocycles. The smallest absolute Gasteiger partial charge is 0.121 e. The number of nitrogens with one attached hydrogen (secondary N) is 2. The number of anilines is 1. The minimum Gasteiger partial charge on any atom is -0.378 e. The molecule has 3 heteroatoms. The van der Waals surface area contributed by atoms with Crippen LogP contribution in [0.15, 0.2) is 42.5 Å². The van der Waals surface area contributed by atoms with E-state index in [2.05, 4.69) is 58.1 Å². The Kier molecular flexibility index (Phi) is 2.30. The fourth-order valence-corrected chi connectivity index (χ4v) is 2.89. The van der Waals surface area contributed by atoms with E-state index in [0.29, 0.717) is 6.04 Å². The van der Waals surface area contributed by atoms with Gasteiger partial charge < -0.3 is 5.32 Å². The minimum absolute atomic E-state index is 0.340. The Morgan fingerprint density at radius 3 is 3.05 bits per heavy atom. The van der Waals surface area contributed by atoms with Crippen LogP contribution >= 0.6 is 0 Å². The zero-order valence-electron chi connectivity index (χ0n) is 10.5. The summed E-state index contributed by atoms with van der Waals surface area (Å²) in [6.45, 7) is 0. The summed E-state index contributed by atoms with van der Waals surface area (Å²) in [5.74, 6) is 0. The topological polar surface area (TPSA) is 40.7 Å². The van der Waals surface area contributed by atoms with Crippen molar-refractivity contribution in [1.29, 1.82) is 0 Å². The molecule has 0 saturated heterocycles. The Balaban J connectivity index is 1.77. The van der Waals surface area contributed by atoms with E-state index in [-0.39, 0.29) is 0 Å². The van der Waals surface area contributed by atoms with Gasteiger partial charge in [0.05, 0.1) is 11.6 Å². The zero-order chi connectivity index (χ0) is 12.7. The molecule has 4 rings (SSSR count). The van der Waals surface area contributed by atoms with Crippen LogP contribution in [0.1, 0.15) is 23.6 Å². The number of aromatic nitrogens is 2. The third-order valence-corrected chi connectivity index (χ3v) is 3.87. The quantitative estimate of drug-likeness (QED) is 0.692. The highest BCUT2D eigenvalue weighted by Crippen LogP contribution is 2.34. The van der Waals surface area contributed by atoms with E-state index in [1.165, 1.54) is 16.8 Å². The van der Waals surface area contributed by atoms with Crippen LogP contribution < -0.4 is 5.32 Å². The fourth-order valence-electron chi connectivity index (χ4n) is 2.89. The summed E-state index contributed by atoms with van der Waals surface area (Å²) in [4.78, 5) is 0. The fraction of sp³-hybridized carbons (Fsp3) is 0.188. The number of aromatic amines is 1. The molecule has 2 aromatic carbocycles. The van der Waals surface area contributed by atoms with Gasteiger partial charge in [-0.15, -0.1) is 0 Å². The van der Waals surface area contributed by atoms with Gasteiger partial charge in [-0.05, 0) is 36.1 Å². The van der Waals surface area contributed by atoms with Gasteiger partial charge in [-0.25, -0.2) is 0 Å². The van der Waals surface area contributed by atoms with Gasteiger partial charge in [0, 0.05) is 11.1 Å². The molecular formula is C16H14N3. The summed E-state index contributed by atoms with van der Waals surface area (Å²) in [7, 11) is 0. The van der Waals surface area contributed by atoms with Crippen molar-refractivity contribution >= 4 is 16.6 Å². The van der Waals surface area contributed by atoms with E-state index in [1.807, 2.05) is 6.07 Å². The van der Waals surface area contributed by atoms with Gasteiger partial charge >= 0.3 is 0 Å². The normalized spacial score (nSPS) is 18.0. The predicted molar refractivity (Wildman–Crippen MR) is 76.1 cm³/mol.